The zero-order chi connectivity index (χ0) is 11.1. The molecule has 0 spiro atoms. The average Bonchev–Trinajstić information content (AvgIpc) is 2.26. The molecule has 0 heterocycles. The van der Waals surface area contributed by atoms with Crippen molar-refractivity contribution in [3.05, 3.63) is 24.3 Å². The van der Waals surface area contributed by atoms with Crippen LogP contribution in [0.4, 0.5) is 10.5 Å². The highest BCUT2D eigenvalue weighted by Crippen LogP contribution is 2.16. The Morgan fingerprint density at radius 3 is 3.00 bits per heavy atom. The molecule has 1 rings (SSSR count). The summed E-state index contributed by atoms with van der Waals surface area (Å²) in [5.41, 5.74) is 5.81. The van der Waals surface area contributed by atoms with Crippen molar-refractivity contribution in [1.29, 1.82) is 0 Å². The molecule has 82 valence electrons. The lowest BCUT2D eigenvalue weighted by atomic mass is 10.3. The number of nitrogens with two attached hydrogens (primary N) is 1. The van der Waals surface area contributed by atoms with Crippen LogP contribution >= 0.6 is 0 Å². The second-order valence-electron chi connectivity index (χ2n) is 2.78. The Hall–Kier alpha value is -1.75. The molecular weight excluding hydrogens is 196 g/mol. The number of hydrogen-bond acceptors (Lipinski definition) is 4. The first-order valence-corrected chi connectivity index (χ1v) is 4.54. The number of anilines is 1. The lowest BCUT2D eigenvalue weighted by Crippen LogP contribution is -2.18. The van der Waals surface area contributed by atoms with Gasteiger partial charge in [0.15, 0.2) is 0 Å². The van der Waals surface area contributed by atoms with Crippen molar-refractivity contribution in [2.75, 3.05) is 25.6 Å². The molecule has 5 nitrogen and oxygen atoms in total. The van der Waals surface area contributed by atoms with E-state index in [1.807, 2.05) is 0 Å². The van der Waals surface area contributed by atoms with Crippen molar-refractivity contribution < 1.29 is 14.3 Å². The molecule has 3 N–H and O–H groups in total. The minimum atomic E-state index is -0.520. The van der Waals surface area contributed by atoms with Crippen LogP contribution in [0.1, 0.15) is 0 Å². The molecule has 0 aliphatic heterocycles. The molecule has 0 aliphatic carbocycles. The lowest BCUT2D eigenvalue weighted by Gasteiger charge is -2.07. The Morgan fingerprint density at radius 2 is 2.33 bits per heavy atom. The molecule has 0 radical (unpaired) electrons. The number of hydrogen-bond donors (Lipinski definition) is 2. The quantitative estimate of drug-likeness (QED) is 0.783. The molecule has 15 heavy (non-hydrogen) atoms. The van der Waals surface area contributed by atoms with E-state index in [1.54, 1.807) is 31.4 Å². The Morgan fingerprint density at radius 1 is 1.53 bits per heavy atom. The van der Waals surface area contributed by atoms with Gasteiger partial charge in [0.1, 0.15) is 12.4 Å². The first kappa shape index (κ1) is 11.3. The predicted octanol–water partition coefficient (Wildman–Crippen LogP) is 1.20. The zero-order valence-electron chi connectivity index (χ0n) is 8.53. The third-order valence-electron chi connectivity index (χ3n) is 1.67. The van der Waals surface area contributed by atoms with Crippen molar-refractivity contribution in [2.45, 2.75) is 0 Å². The van der Waals surface area contributed by atoms with Crippen molar-refractivity contribution >= 4 is 11.8 Å². The van der Waals surface area contributed by atoms with E-state index < -0.39 is 6.09 Å². The van der Waals surface area contributed by atoms with Crippen molar-refractivity contribution in [3.8, 4) is 5.75 Å². The van der Waals surface area contributed by atoms with Gasteiger partial charge >= 0.3 is 6.09 Å². The van der Waals surface area contributed by atoms with Crippen LogP contribution in [-0.4, -0.2) is 26.4 Å². The fourth-order valence-electron chi connectivity index (χ4n) is 1.01. The molecule has 0 atom stereocenters. The van der Waals surface area contributed by atoms with Gasteiger partial charge in [-0.3, -0.25) is 5.32 Å². The number of carbonyl (C=O) groups is 1. The molecule has 1 aromatic carbocycles. The number of nitrogens with one attached hydrogen (secondary N) is 1. The van der Waals surface area contributed by atoms with Crippen molar-refractivity contribution in [1.82, 2.24) is 0 Å². The zero-order valence-corrected chi connectivity index (χ0v) is 8.53. The standard InChI is InChI=1S/C10H14N2O3/c1-14-9-4-2-3-8(7-9)12-10(13)15-6-5-11/h2-4,7H,5-6,11H2,1H3,(H,12,13). The number of methoxy groups -OCH3 is 1. The molecule has 1 aromatic rings. The van der Waals surface area contributed by atoms with Crippen LogP contribution in [0.2, 0.25) is 0 Å². The van der Waals surface area contributed by atoms with E-state index in [2.05, 4.69) is 5.32 Å². The lowest BCUT2D eigenvalue weighted by molar-refractivity contribution is 0.165. The van der Waals surface area contributed by atoms with E-state index in [-0.39, 0.29) is 6.61 Å². The first-order valence-electron chi connectivity index (χ1n) is 4.54. The van der Waals surface area contributed by atoms with Gasteiger partial charge < -0.3 is 15.2 Å². The van der Waals surface area contributed by atoms with E-state index in [1.165, 1.54) is 0 Å². The summed E-state index contributed by atoms with van der Waals surface area (Å²) in [6.07, 6.45) is -0.520. The van der Waals surface area contributed by atoms with Crippen LogP contribution in [0.15, 0.2) is 24.3 Å². The first-order chi connectivity index (χ1) is 7.26. The molecule has 0 unspecified atom stereocenters. The summed E-state index contributed by atoms with van der Waals surface area (Å²) in [7, 11) is 1.56. The van der Waals surface area contributed by atoms with Gasteiger partial charge in [0.2, 0.25) is 0 Å². The van der Waals surface area contributed by atoms with Crippen LogP contribution in [0.5, 0.6) is 5.75 Å². The van der Waals surface area contributed by atoms with E-state index in [4.69, 9.17) is 15.2 Å². The summed E-state index contributed by atoms with van der Waals surface area (Å²) in [6.45, 7) is 0.515. The summed E-state index contributed by atoms with van der Waals surface area (Å²) >= 11 is 0. The molecule has 0 saturated carbocycles. The Labute approximate surface area is 88.2 Å². The third kappa shape index (κ3) is 3.86. The second kappa shape index (κ2) is 5.87. The smallest absolute Gasteiger partial charge is 0.411 e. The average molecular weight is 210 g/mol. The minimum Gasteiger partial charge on any atom is -0.497 e. The molecular formula is C10H14N2O3. The molecule has 0 bridgehead atoms. The number of amides is 1. The highest BCUT2D eigenvalue weighted by Gasteiger charge is 2.02. The van der Waals surface area contributed by atoms with Crippen LogP contribution in [0.3, 0.4) is 0 Å². The van der Waals surface area contributed by atoms with Gasteiger partial charge in [-0.25, -0.2) is 4.79 Å². The molecule has 0 aliphatic rings. The van der Waals surface area contributed by atoms with E-state index in [0.29, 0.717) is 18.0 Å². The summed E-state index contributed by atoms with van der Waals surface area (Å²) in [5, 5.41) is 2.55. The number of ether oxygens (including phenoxy) is 2. The Kier molecular flexibility index (Phi) is 4.43. The van der Waals surface area contributed by atoms with Gasteiger partial charge in [-0.15, -0.1) is 0 Å². The topological polar surface area (TPSA) is 73.6 Å². The highest BCUT2D eigenvalue weighted by atomic mass is 16.5. The Balaban J connectivity index is 2.52. The predicted molar refractivity (Wildman–Crippen MR) is 57.0 cm³/mol. The van der Waals surface area contributed by atoms with Gasteiger partial charge in [-0.05, 0) is 12.1 Å². The molecule has 0 fully saturated rings. The van der Waals surface area contributed by atoms with Crippen LogP contribution in [0, 0.1) is 0 Å². The summed E-state index contributed by atoms with van der Waals surface area (Å²) < 4.78 is 9.76. The SMILES string of the molecule is COc1cccc(NC(=O)OCCN)c1. The van der Waals surface area contributed by atoms with Gasteiger partial charge in [0, 0.05) is 18.3 Å². The van der Waals surface area contributed by atoms with Crippen LogP contribution in [0.25, 0.3) is 0 Å². The molecule has 0 saturated heterocycles. The summed E-state index contributed by atoms with van der Waals surface area (Å²) in [4.78, 5) is 11.1. The normalized spacial score (nSPS) is 9.47. The second-order valence-corrected chi connectivity index (χ2v) is 2.78. The number of rotatable bonds is 4. The molecule has 1 amide bonds. The van der Waals surface area contributed by atoms with Crippen molar-refractivity contribution in [3.63, 3.8) is 0 Å². The third-order valence-corrected chi connectivity index (χ3v) is 1.67. The maximum Gasteiger partial charge on any atom is 0.411 e. The van der Waals surface area contributed by atoms with Gasteiger partial charge in [-0.2, -0.15) is 0 Å². The fraction of sp³-hybridized carbons (Fsp3) is 0.300. The van der Waals surface area contributed by atoms with Gasteiger partial charge in [0.25, 0.3) is 0 Å². The van der Waals surface area contributed by atoms with Gasteiger partial charge in [0.05, 0.1) is 7.11 Å². The fourth-order valence-corrected chi connectivity index (χ4v) is 1.01. The monoisotopic (exact) mass is 210 g/mol. The largest absolute Gasteiger partial charge is 0.497 e. The number of benzene rings is 1. The van der Waals surface area contributed by atoms with Crippen LogP contribution < -0.4 is 15.8 Å². The highest BCUT2D eigenvalue weighted by molar-refractivity contribution is 5.84. The number of carbonyl (C=O) groups excluding carboxylic acids is 1. The summed E-state index contributed by atoms with van der Waals surface area (Å²) in [6, 6.07) is 7.00. The maximum atomic E-state index is 11.1. The summed E-state index contributed by atoms with van der Waals surface area (Å²) in [5.74, 6) is 0.673. The van der Waals surface area contributed by atoms with Crippen molar-refractivity contribution in [2.24, 2.45) is 5.73 Å². The molecule has 5 heteroatoms. The van der Waals surface area contributed by atoms with E-state index in [0.717, 1.165) is 0 Å². The maximum absolute atomic E-state index is 11.1. The Bertz CT molecular complexity index is 328. The van der Waals surface area contributed by atoms with Crippen LogP contribution in [-0.2, 0) is 4.74 Å². The molecule has 0 aromatic heterocycles. The van der Waals surface area contributed by atoms with Gasteiger partial charge in [-0.1, -0.05) is 6.07 Å². The van der Waals surface area contributed by atoms with E-state index >= 15 is 0 Å². The van der Waals surface area contributed by atoms with E-state index in [9.17, 15) is 4.79 Å². The minimum absolute atomic E-state index is 0.204.